The Morgan fingerprint density at radius 2 is 1.73 bits per heavy atom. The summed E-state index contributed by atoms with van der Waals surface area (Å²) in [6, 6.07) is 19.5. The Bertz CT molecular complexity index is 1210. The van der Waals surface area contributed by atoms with Crippen LogP contribution in [0.4, 0.5) is 0 Å². The van der Waals surface area contributed by atoms with Gasteiger partial charge < -0.3 is 9.84 Å². The summed E-state index contributed by atoms with van der Waals surface area (Å²) in [5.41, 5.74) is 1.14. The van der Waals surface area contributed by atoms with Crippen molar-refractivity contribution in [3.05, 3.63) is 78.5 Å². The molecule has 1 saturated carbocycles. The highest BCUT2D eigenvalue weighted by Gasteiger charge is 2.53. The third-order valence-corrected chi connectivity index (χ3v) is 8.95. The van der Waals surface area contributed by atoms with Crippen LogP contribution in [0.1, 0.15) is 31.2 Å². The monoisotopic (exact) mass is 465 g/mol. The highest BCUT2D eigenvalue weighted by Crippen LogP contribution is 2.45. The van der Waals surface area contributed by atoms with Gasteiger partial charge in [-0.1, -0.05) is 55.3 Å². The summed E-state index contributed by atoms with van der Waals surface area (Å²) in [6.45, 7) is 0. The number of ether oxygens (including phenoxy) is 1. The Balaban J connectivity index is 1.68. The Morgan fingerprint density at radius 3 is 2.33 bits per heavy atom. The fraction of sp³-hybridized carbons (Fsp3) is 0.308. The van der Waals surface area contributed by atoms with Crippen LogP contribution in [0.25, 0.3) is 11.1 Å². The van der Waals surface area contributed by atoms with Crippen molar-refractivity contribution in [3.63, 3.8) is 0 Å². The fourth-order valence-corrected chi connectivity index (χ4v) is 7.03. The second-order valence-electron chi connectivity index (χ2n) is 8.52. The van der Waals surface area contributed by atoms with E-state index in [1.165, 1.54) is 0 Å². The van der Waals surface area contributed by atoms with Gasteiger partial charge in [0.1, 0.15) is 0 Å². The molecule has 0 aliphatic heterocycles. The maximum absolute atomic E-state index is 13.7. The molecule has 1 aliphatic carbocycles. The number of aromatic nitrogens is 1. The molecule has 0 radical (unpaired) electrons. The molecule has 7 heteroatoms. The van der Waals surface area contributed by atoms with Crippen molar-refractivity contribution in [2.75, 3.05) is 7.11 Å². The molecular weight excluding hydrogens is 438 g/mol. The summed E-state index contributed by atoms with van der Waals surface area (Å²) < 4.78 is 32.6. The average Bonchev–Trinajstić information content (AvgIpc) is 2.85. The maximum Gasteiger partial charge on any atom is 0.311 e. The zero-order valence-electron chi connectivity index (χ0n) is 18.5. The number of carboxylic acids is 1. The predicted molar refractivity (Wildman–Crippen MR) is 126 cm³/mol. The van der Waals surface area contributed by atoms with Gasteiger partial charge in [-0.15, -0.1) is 0 Å². The van der Waals surface area contributed by atoms with Gasteiger partial charge in [0.2, 0.25) is 5.88 Å². The lowest BCUT2D eigenvalue weighted by molar-refractivity contribution is -0.150. The van der Waals surface area contributed by atoms with E-state index in [-0.39, 0.29) is 11.3 Å². The van der Waals surface area contributed by atoms with Crippen LogP contribution in [-0.2, 0) is 21.1 Å². The summed E-state index contributed by atoms with van der Waals surface area (Å²) in [7, 11) is -2.32. The van der Waals surface area contributed by atoms with Crippen molar-refractivity contribution < 1.29 is 23.1 Å². The van der Waals surface area contributed by atoms with E-state index >= 15 is 0 Å². The van der Waals surface area contributed by atoms with Gasteiger partial charge >= 0.3 is 5.97 Å². The fourth-order valence-electron chi connectivity index (χ4n) is 4.82. The smallest absolute Gasteiger partial charge is 0.311 e. The van der Waals surface area contributed by atoms with E-state index in [0.717, 1.165) is 16.7 Å². The molecule has 6 nitrogen and oxygen atoms in total. The highest BCUT2D eigenvalue weighted by molar-refractivity contribution is 7.92. The maximum atomic E-state index is 13.7. The molecular formula is C26H27NO5S. The minimum atomic E-state index is -3.86. The molecule has 1 aromatic heterocycles. The van der Waals surface area contributed by atoms with Crippen molar-refractivity contribution in [1.82, 2.24) is 4.98 Å². The van der Waals surface area contributed by atoms with E-state index in [4.69, 9.17) is 4.74 Å². The molecule has 2 atom stereocenters. The van der Waals surface area contributed by atoms with Gasteiger partial charge in [0.05, 0.1) is 22.7 Å². The number of pyridine rings is 1. The molecule has 4 rings (SSSR count). The van der Waals surface area contributed by atoms with Crippen LogP contribution in [0, 0.1) is 5.41 Å². The van der Waals surface area contributed by atoms with Crippen LogP contribution in [0.5, 0.6) is 5.88 Å². The van der Waals surface area contributed by atoms with Crippen molar-refractivity contribution in [2.45, 2.75) is 42.2 Å². The zero-order valence-corrected chi connectivity index (χ0v) is 19.3. The molecule has 0 bridgehead atoms. The van der Waals surface area contributed by atoms with Crippen molar-refractivity contribution in [1.29, 1.82) is 0 Å². The van der Waals surface area contributed by atoms with Crippen molar-refractivity contribution in [2.24, 2.45) is 5.41 Å². The van der Waals surface area contributed by atoms with Gasteiger partial charge in [0.25, 0.3) is 0 Å². The minimum Gasteiger partial charge on any atom is -0.481 e. The molecule has 0 spiro atoms. The van der Waals surface area contributed by atoms with E-state index in [2.05, 4.69) is 4.98 Å². The van der Waals surface area contributed by atoms with Crippen molar-refractivity contribution >= 4 is 15.8 Å². The molecule has 2 unspecified atom stereocenters. The van der Waals surface area contributed by atoms with E-state index in [0.29, 0.717) is 31.6 Å². The number of benzene rings is 2. The number of rotatable bonds is 7. The summed E-state index contributed by atoms with van der Waals surface area (Å²) in [4.78, 5) is 16.9. The van der Waals surface area contributed by atoms with Crippen LogP contribution in [0.15, 0.2) is 77.8 Å². The first-order valence-electron chi connectivity index (χ1n) is 11.0. The van der Waals surface area contributed by atoms with Gasteiger partial charge in [-0.25, -0.2) is 13.4 Å². The van der Waals surface area contributed by atoms with Crippen molar-refractivity contribution in [3.8, 4) is 17.0 Å². The molecule has 3 aromatic rings. The molecule has 172 valence electrons. The SMILES string of the molecule is COc1ccc(-c2ccc(S(=O)(=O)C3CCCCC3(Cc3ccccc3)C(=O)O)cc2)cn1. The highest BCUT2D eigenvalue weighted by atomic mass is 32.2. The largest absolute Gasteiger partial charge is 0.481 e. The van der Waals surface area contributed by atoms with Gasteiger partial charge in [-0.2, -0.15) is 0 Å². The normalized spacial score (nSPS) is 20.8. The Labute approximate surface area is 194 Å². The lowest BCUT2D eigenvalue weighted by Gasteiger charge is -2.40. The summed E-state index contributed by atoms with van der Waals surface area (Å²) in [6.07, 6.45) is 3.95. The summed E-state index contributed by atoms with van der Waals surface area (Å²) in [5.74, 6) is -0.542. The number of carbonyl (C=O) groups is 1. The number of methoxy groups -OCH3 is 1. The average molecular weight is 466 g/mol. The predicted octanol–water partition coefficient (Wildman–Crippen LogP) is 4.79. The van der Waals surface area contributed by atoms with E-state index in [9.17, 15) is 18.3 Å². The summed E-state index contributed by atoms with van der Waals surface area (Å²) >= 11 is 0. The van der Waals surface area contributed by atoms with Gasteiger partial charge in [0, 0.05) is 17.8 Å². The van der Waals surface area contributed by atoms with E-state index in [1.54, 1.807) is 43.6 Å². The number of hydrogen-bond acceptors (Lipinski definition) is 5. The first kappa shape index (κ1) is 23.0. The minimum absolute atomic E-state index is 0.151. The second kappa shape index (κ2) is 9.35. The molecule has 0 amide bonds. The van der Waals surface area contributed by atoms with E-state index in [1.807, 2.05) is 36.4 Å². The van der Waals surface area contributed by atoms with Gasteiger partial charge in [-0.05, 0) is 48.6 Å². The van der Waals surface area contributed by atoms with Gasteiger partial charge in [0.15, 0.2) is 9.84 Å². The Kier molecular flexibility index (Phi) is 6.51. The lowest BCUT2D eigenvalue weighted by Crippen LogP contribution is -2.50. The molecule has 1 N–H and O–H groups in total. The van der Waals surface area contributed by atoms with Crippen LogP contribution < -0.4 is 4.74 Å². The van der Waals surface area contributed by atoms with Gasteiger partial charge in [-0.3, -0.25) is 4.79 Å². The number of carboxylic acid groups (broad SMARTS) is 1. The third-order valence-electron chi connectivity index (χ3n) is 6.58. The second-order valence-corrected chi connectivity index (χ2v) is 10.6. The molecule has 33 heavy (non-hydrogen) atoms. The van der Waals surface area contributed by atoms with Crippen LogP contribution in [0.3, 0.4) is 0 Å². The number of nitrogens with zero attached hydrogens (tertiary/aromatic N) is 1. The number of aliphatic carboxylic acids is 1. The zero-order chi connectivity index (χ0) is 23.5. The van der Waals surface area contributed by atoms with Crippen LogP contribution in [-0.4, -0.2) is 36.8 Å². The third kappa shape index (κ3) is 4.50. The topological polar surface area (TPSA) is 93.6 Å². The molecule has 1 aliphatic rings. The number of sulfone groups is 1. The molecule has 1 heterocycles. The Morgan fingerprint density at radius 1 is 1.03 bits per heavy atom. The number of hydrogen-bond donors (Lipinski definition) is 1. The first-order chi connectivity index (χ1) is 15.9. The van der Waals surface area contributed by atoms with Crippen LogP contribution in [0.2, 0.25) is 0 Å². The quantitative estimate of drug-likeness (QED) is 0.539. The first-order valence-corrected chi connectivity index (χ1v) is 12.5. The molecule has 0 saturated heterocycles. The van der Waals surface area contributed by atoms with Crippen LogP contribution >= 0.6 is 0 Å². The molecule has 1 fully saturated rings. The summed E-state index contributed by atoms with van der Waals surface area (Å²) in [5, 5.41) is 9.30. The Hall–Kier alpha value is -3.19. The molecule has 2 aromatic carbocycles. The standard InChI is InChI=1S/C26H27NO5S/c1-32-24-15-12-21(18-27-24)20-10-13-22(14-11-20)33(30,31)23-9-5-6-16-26(23,25(28)29)17-19-7-3-2-4-8-19/h2-4,7-8,10-15,18,23H,5-6,9,16-17H2,1H3,(H,28,29). The van der Waals surface area contributed by atoms with E-state index < -0.39 is 26.5 Å². The lowest BCUT2D eigenvalue weighted by atomic mass is 9.70.